The molecule has 3 aliphatic heterocycles. The van der Waals surface area contributed by atoms with E-state index >= 15 is 0 Å². The van der Waals surface area contributed by atoms with Gasteiger partial charge >= 0.3 is 0 Å². The number of nitrogens with zero attached hydrogens (tertiary/aromatic N) is 3. The van der Waals surface area contributed by atoms with E-state index in [1.54, 1.807) is 0 Å². The number of rotatable bonds is 6. The van der Waals surface area contributed by atoms with E-state index in [2.05, 4.69) is 148 Å². The molecule has 3 fully saturated rings. The van der Waals surface area contributed by atoms with Crippen LogP contribution in [0.5, 0.6) is 11.5 Å². The Labute approximate surface area is 357 Å². The molecule has 0 bridgehead atoms. The van der Waals surface area contributed by atoms with E-state index in [0.717, 1.165) is 90.2 Å². The number of piperazine rings is 1. The Bertz CT molecular complexity index is 2500. The van der Waals surface area contributed by atoms with E-state index < -0.39 is 5.60 Å². The minimum Gasteiger partial charge on any atom is -0.495 e. The van der Waals surface area contributed by atoms with E-state index in [-0.39, 0.29) is 16.9 Å². The number of carbonyl (C=O) groups excluding carboxylic acids is 1. The van der Waals surface area contributed by atoms with E-state index in [9.17, 15) is 4.79 Å². The average Bonchev–Trinajstić information content (AvgIpc) is 3.51. The first-order valence-corrected chi connectivity index (χ1v) is 22.5. The van der Waals surface area contributed by atoms with Crippen molar-refractivity contribution in [3.8, 4) is 22.6 Å². The maximum atomic E-state index is 11.6. The van der Waals surface area contributed by atoms with Crippen molar-refractivity contribution >= 4 is 34.6 Å². The van der Waals surface area contributed by atoms with E-state index in [0.29, 0.717) is 0 Å². The number of hydrogen-bond acceptors (Lipinski definition) is 5. The molecule has 5 aromatic rings. The maximum Gasteiger partial charge on any atom is 0.210 e. The Balaban J connectivity index is 1.17. The third kappa shape index (κ3) is 6.14. The van der Waals surface area contributed by atoms with Gasteiger partial charge in [0.25, 0.3) is 0 Å². The number of piperidine rings is 1. The van der Waals surface area contributed by atoms with E-state index in [4.69, 9.17) is 9.47 Å². The van der Waals surface area contributed by atoms with Crippen LogP contribution in [-0.2, 0) is 21.2 Å². The Morgan fingerprint density at radius 1 is 0.800 bits per heavy atom. The highest BCUT2D eigenvalue weighted by Crippen LogP contribution is 2.60. The highest BCUT2D eigenvalue weighted by molar-refractivity contribution is 6.10. The second kappa shape index (κ2) is 14.5. The van der Waals surface area contributed by atoms with Gasteiger partial charge in [-0.25, -0.2) is 0 Å². The van der Waals surface area contributed by atoms with Crippen LogP contribution in [0.2, 0.25) is 0 Å². The first-order chi connectivity index (χ1) is 28.9. The van der Waals surface area contributed by atoms with Gasteiger partial charge in [-0.2, -0.15) is 0 Å². The lowest BCUT2D eigenvalue weighted by Gasteiger charge is -2.43. The molecule has 5 aliphatic rings. The van der Waals surface area contributed by atoms with Gasteiger partial charge in [0.05, 0.1) is 12.8 Å². The molecule has 0 N–H and O–H groups in total. The van der Waals surface area contributed by atoms with Crippen molar-refractivity contribution in [1.29, 1.82) is 0 Å². The minimum absolute atomic E-state index is 0.0309. The zero-order valence-corrected chi connectivity index (χ0v) is 36.7. The zero-order chi connectivity index (χ0) is 41.6. The van der Waals surface area contributed by atoms with Gasteiger partial charge in [0.1, 0.15) is 11.5 Å². The predicted octanol–water partition coefficient (Wildman–Crippen LogP) is 11.5. The lowest BCUT2D eigenvalue weighted by molar-refractivity contribution is -0.120. The Hall–Kier alpha value is -5.23. The number of anilines is 2. The number of ether oxygens (including phenoxy) is 2. The molecule has 310 valence electrons. The molecule has 60 heavy (non-hydrogen) atoms. The lowest BCUT2D eigenvalue weighted by atomic mass is 9.75. The third-order valence-corrected chi connectivity index (χ3v) is 15.1. The van der Waals surface area contributed by atoms with Crippen molar-refractivity contribution in [2.45, 2.75) is 96.1 Å². The molecule has 5 aromatic carbocycles. The summed E-state index contributed by atoms with van der Waals surface area (Å²) < 4.78 is 14.2. The summed E-state index contributed by atoms with van der Waals surface area (Å²) >= 11 is 0. The minimum atomic E-state index is -0.874. The molecule has 1 saturated carbocycles. The van der Waals surface area contributed by atoms with Gasteiger partial charge in [0, 0.05) is 71.9 Å². The van der Waals surface area contributed by atoms with Crippen molar-refractivity contribution in [3.05, 3.63) is 124 Å². The van der Waals surface area contributed by atoms with Gasteiger partial charge in [-0.15, -0.1) is 0 Å². The molecule has 4 unspecified atom stereocenters. The average molecular weight is 800 g/mol. The van der Waals surface area contributed by atoms with Crippen LogP contribution < -0.4 is 19.3 Å². The topological polar surface area (TPSA) is 45.2 Å². The van der Waals surface area contributed by atoms with Crippen LogP contribution in [0.15, 0.2) is 91.0 Å². The predicted molar refractivity (Wildman–Crippen MR) is 247 cm³/mol. The summed E-state index contributed by atoms with van der Waals surface area (Å²) in [7, 11) is 1.83. The molecular weight excluding hydrogens is 739 g/mol. The molecule has 6 heteroatoms. The van der Waals surface area contributed by atoms with Crippen LogP contribution >= 0.6 is 0 Å². The molecule has 2 saturated heterocycles. The smallest absolute Gasteiger partial charge is 0.210 e. The third-order valence-electron chi connectivity index (χ3n) is 15.1. The number of hydrogen-bond donors (Lipinski definition) is 0. The van der Waals surface area contributed by atoms with Gasteiger partial charge in [-0.05, 0) is 101 Å². The van der Waals surface area contributed by atoms with Crippen LogP contribution in [0.3, 0.4) is 0 Å². The molecule has 0 radical (unpaired) electrons. The quantitative estimate of drug-likeness (QED) is 0.160. The standard InChI is InChI=1S/C54H61N3O3/c1-35-32-55(27-28-57(35)34-58)41-20-17-39(18-21-41)54(38-15-9-8-10-16-38)25-23-43-50-49(42-22-19-40(52(2,3)4)29-46(42)53(50,5)6)44-30-47(48(59-7)31-45(44)51(43)60-54)56-26-24-36-13-11-12-14-37(36)33-56/h8-10,15-23,25,29-31,34-37H,11-14,24,26-28,32-33H2,1-7H3. The molecule has 6 nitrogen and oxygen atoms in total. The first-order valence-electron chi connectivity index (χ1n) is 22.5. The summed E-state index contributed by atoms with van der Waals surface area (Å²) in [4.78, 5) is 18.5. The van der Waals surface area contributed by atoms with Crippen molar-refractivity contribution in [2.75, 3.05) is 49.6 Å². The number of benzene rings is 5. The fraction of sp³-hybridized carbons (Fsp3) is 0.426. The van der Waals surface area contributed by atoms with Crippen molar-refractivity contribution < 1.29 is 14.3 Å². The van der Waals surface area contributed by atoms with Crippen molar-refractivity contribution in [2.24, 2.45) is 11.8 Å². The molecule has 0 aromatic heterocycles. The largest absolute Gasteiger partial charge is 0.495 e. The van der Waals surface area contributed by atoms with Crippen molar-refractivity contribution in [1.82, 2.24) is 4.90 Å². The van der Waals surface area contributed by atoms with Gasteiger partial charge in [0.2, 0.25) is 6.41 Å². The molecule has 3 heterocycles. The van der Waals surface area contributed by atoms with E-state index in [1.807, 2.05) is 12.0 Å². The second-order valence-corrected chi connectivity index (χ2v) is 20.0. The fourth-order valence-corrected chi connectivity index (χ4v) is 11.6. The maximum absolute atomic E-state index is 11.6. The Morgan fingerprint density at radius 2 is 1.55 bits per heavy atom. The lowest BCUT2D eigenvalue weighted by Crippen LogP contribution is -2.51. The first kappa shape index (κ1) is 38.9. The number of fused-ring (bicyclic) bond motifs is 9. The summed E-state index contributed by atoms with van der Waals surface area (Å²) in [5.41, 5.74) is 11.3. The zero-order valence-electron chi connectivity index (χ0n) is 36.7. The highest BCUT2D eigenvalue weighted by atomic mass is 16.5. The molecular formula is C54H61N3O3. The van der Waals surface area contributed by atoms with Crippen molar-refractivity contribution in [3.63, 3.8) is 0 Å². The summed E-state index contributed by atoms with van der Waals surface area (Å²) in [5.74, 6) is 3.41. The Morgan fingerprint density at radius 3 is 2.27 bits per heavy atom. The SMILES string of the molecule is COc1cc2c3c(c4c(c2cc1N1CCC2CCCCC2C1)-c1ccc(C(C)(C)C)cc1C4(C)C)C=CC(c1ccccc1)(c1ccc(N2CCN(C=O)C(C)C2)cc1)O3. The number of amides is 1. The second-order valence-electron chi connectivity index (χ2n) is 20.0. The van der Waals surface area contributed by atoms with Gasteiger partial charge in [-0.1, -0.05) is 121 Å². The molecule has 10 rings (SSSR count). The fourth-order valence-electron chi connectivity index (χ4n) is 11.6. The number of carbonyl (C=O) groups is 1. The van der Waals surface area contributed by atoms with Crippen LogP contribution in [0.25, 0.3) is 28.0 Å². The molecule has 4 atom stereocenters. The van der Waals surface area contributed by atoms with E-state index in [1.165, 1.54) is 71.0 Å². The molecule has 0 spiro atoms. The summed E-state index contributed by atoms with van der Waals surface area (Å²) in [6, 6.07) is 31.8. The van der Waals surface area contributed by atoms with Gasteiger partial charge in [-0.3, -0.25) is 4.79 Å². The number of methoxy groups -OCH3 is 1. The normalized spacial score (nSPS) is 24.3. The van der Waals surface area contributed by atoms with Gasteiger partial charge < -0.3 is 24.2 Å². The summed E-state index contributed by atoms with van der Waals surface area (Å²) in [6.07, 6.45) is 12.3. The summed E-state index contributed by atoms with van der Waals surface area (Å²) in [6.45, 7) is 18.4. The van der Waals surface area contributed by atoms with Crippen LogP contribution in [0.4, 0.5) is 11.4 Å². The summed E-state index contributed by atoms with van der Waals surface area (Å²) in [5, 5.41) is 2.32. The Kier molecular flexibility index (Phi) is 9.38. The van der Waals surface area contributed by atoms with Crippen LogP contribution in [0.1, 0.15) is 107 Å². The molecule has 1 amide bonds. The van der Waals surface area contributed by atoms with Crippen LogP contribution in [-0.4, -0.2) is 57.2 Å². The molecule has 2 aliphatic carbocycles. The monoisotopic (exact) mass is 799 g/mol. The highest BCUT2D eigenvalue weighted by Gasteiger charge is 2.45. The van der Waals surface area contributed by atoms with Gasteiger partial charge in [0.15, 0.2) is 5.60 Å². The van der Waals surface area contributed by atoms with Crippen LogP contribution in [0, 0.1) is 11.8 Å².